The molecule has 1 aromatic heterocycles. The number of hydrogen-bond donors (Lipinski definition) is 1. The molecule has 0 radical (unpaired) electrons. The summed E-state index contributed by atoms with van der Waals surface area (Å²) in [5, 5.41) is 0.206. The van der Waals surface area contributed by atoms with E-state index in [0.717, 1.165) is 42.8 Å². The number of rotatable bonds is 16. The number of fused-ring (bicyclic) bond motifs is 1. The molecule has 0 aliphatic carbocycles. The van der Waals surface area contributed by atoms with Crippen molar-refractivity contribution < 1.29 is 4.79 Å². The fourth-order valence-corrected chi connectivity index (χ4v) is 4.52. The molecule has 0 bridgehead atoms. The lowest BCUT2D eigenvalue weighted by molar-refractivity contribution is 0.220. The molecule has 5 heteroatoms. The SMILES string of the molecule is CCCCCCCCN(CCCCCCCC)C(=O)SCc1nc2ccccc2[nH]1. The van der Waals surface area contributed by atoms with E-state index in [4.69, 9.17) is 0 Å². The Morgan fingerprint density at radius 1 is 0.867 bits per heavy atom. The average Bonchev–Trinajstić information content (AvgIpc) is 3.18. The Bertz CT molecular complexity index is 666. The predicted molar refractivity (Wildman–Crippen MR) is 131 cm³/mol. The molecule has 0 spiro atoms. The highest BCUT2D eigenvalue weighted by molar-refractivity contribution is 8.12. The number of nitrogens with one attached hydrogen (secondary N) is 1. The summed E-state index contributed by atoms with van der Waals surface area (Å²) >= 11 is 1.39. The molecule has 0 fully saturated rings. The van der Waals surface area contributed by atoms with Crippen LogP contribution < -0.4 is 0 Å². The number of para-hydroxylation sites is 2. The molecule has 0 aliphatic heterocycles. The van der Waals surface area contributed by atoms with Crippen LogP contribution in [0.3, 0.4) is 0 Å². The van der Waals surface area contributed by atoms with E-state index >= 15 is 0 Å². The quantitative estimate of drug-likeness (QED) is 0.274. The first-order valence-electron chi connectivity index (χ1n) is 12.1. The van der Waals surface area contributed by atoms with Crippen LogP contribution in [0.5, 0.6) is 0 Å². The van der Waals surface area contributed by atoms with Gasteiger partial charge in [-0.15, -0.1) is 0 Å². The van der Waals surface area contributed by atoms with Crippen LogP contribution in [-0.2, 0) is 5.75 Å². The fourth-order valence-electron chi connectivity index (χ4n) is 3.76. The number of amides is 1. The van der Waals surface area contributed by atoms with Crippen molar-refractivity contribution in [1.29, 1.82) is 0 Å². The molecular formula is C25H41N3OS. The summed E-state index contributed by atoms with van der Waals surface area (Å²) < 4.78 is 0. The maximum Gasteiger partial charge on any atom is 0.282 e. The minimum atomic E-state index is 0.206. The van der Waals surface area contributed by atoms with E-state index in [1.807, 2.05) is 24.3 Å². The van der Waals surface area contributed by atoms with E-state index in [2.05, 4.69) is 28.7 Å². The van der Waals surface area contributed by atoms with Crippen molar-refractivity contribution in [2.75, 3.05) is 13.1 Å². The van der Waals surface area contributed by atoms with Crippen LogP contribution in [0, 0.1) is 0 Å². The Morgan fingerprint density at radius 3 is 2.03 bits per heavy atom. The highest BCUT2D eigenvalue weighted by Gasteiger charge is 2.15. The average molecular weight is 432 g/mol. The molecule has 1 amide bonds. The number of aromatic amines is 1. The van der Waals surface area contributed by atoms with Gasteiger partial charge in [0.1, 0.15) is 5.82 Å². The van der Waals surface area contributed by atoms with E-state index in [9.17, 15) is 4.79 Å². The Labute approximate surface area is 187 Å². The number of unbranched alkanes of at least 4 members (excludes halogenated alkanes) is 10. The molecule has 2 aromatic rings. The van der Waals surface area contributed by atoms with Crippen LogP contribution >= 0.6 is 11.8 Å². The van der Waals surface area contributed by atoms with Crippen molar-refractivity contribution in [2.24, 2.45) is 0 Å². The zero-order chi connectivity index (χ0) is 21.4. The van der Waals surface area contributed by atoms with Gasteiger partial charge in [0, 0.05) is 13.1 Å². The highest BCUT2D eigenvalue weighted by atomic mass is 32.2. The molecule has 0 saturated heterocycles. The molecule has 0 unspecified atom stereocenters. The summed E-state index contributed by atoms with van der Waals surface area (Å²) in [7, 11) is 0. The second-order valence-electron chi connectivity index (χ2n) is 8.28. The van der Waals surface area contributed by atoms with E-state index in [1.54, 1.807) is 0 Å². The topological polar surface area (TPSA) is 49.0 Å². The third kappa shape index (κ3) is 9.55. The normalized spacial score (nSPS) is 11.3. The molecule has 0 aliphatic rings. The van der Waals surface area contributed by atoms with Gasteiger partial charge in [0.15, 0.2) is 0 Å². The number of carbonyl (C=O) groups excluding carboxylic acids is 1. The van der Waals surface area contributed by atoms with Gasteiger partial charge in [-0.3, -0.25) is 4.79 Å². The minimum absolute atomic E-state index is 0.206. The molecule has 1 N–H and O–H groups in total. The molecule has 168 valence electrons. The summed E-state index contributed by atoms with van der Waals surface area (Å²) in [4.78, 5) is 22.9. The van der Waals surface area contributed by atoms with Crippen LogP contribution in [0.1, 0.15) is 96.7 Å². The Kier molecular flexibility index (Phi) is 12.7. The van der Waals surface area contributed by atoms with Crippen molar-refractivity contribution in [3.8, 4) is 0 Å². The zero-order valence-electron chi connectivity index (χ0n) is 19.1. The summed E-state index contributed by atoms with van der Waals surface area (Å²) in [6.45, 7) is 6.29. The number of H-pyrrole nitrogens is 1. The molecule has 30 heavy (non-hydrogen) atoms. The van der Waals surface area contributed by atoms with Crippen LogP contribution in [0.2, 0.25) is 0 Å². The van der Waals surface area contributed by atoms with Crippen molar-refractivity contribution in [3.05, 3.63) is 30.1 Å². The van der Waals surface area contributed by atoms with Gasteiger partial charge in [-0.1, -0.05) is 102 Å². The van der Waals surface area contributed by atoms with Crippen molar-refractivity contribution in [3.63, 3.8) is 0 Å². The van der Waals surface area contributed by atoms with Crippen LogP contribution in [0.25, 0.3) is 11.0 Å². The number of nitrogens with zero attached hydrogens (tertiary/aromatic N) is 2. The lowest BCUT2D eigenvalue weighted by Gasteiger charge is -2.22. The summed E-state index contributed by atoms with van der Waals surface area (Å²) in [5.41, 5.74) is 2.01. The molecule has 0 atom stereocenters. The molecule has 1 heterocycles. The number of imidazole rings is 1. The fraction of sp³-hybridized carbons (Fsp3) is 0.680. The standard InChI is InChI=1S/C25H41N3OS/c1-3-5-7-9-11-15-19-28(20-16-12-10-8-6-4-2)25(29)30-21-24-26-22-17-13-14-18-23(22)27-24/h13-14,17-18H,3-12,15-16,19-21H2,1-2H3,(H,26,27). The van der Waals surface area contributed by atoms with Gasteiger partial charge in [0.25, 0.3) is 5.24 Å². The van der Waals surface area contributed by atoms with Crippen LogP contribution in [0.4, 0.5) is 4.79 Å². The van der Waals surface area contributed by atoms with Crippen molar-refractivity contribution >= 4 is 28.0 Å². The van der Waals surface area contributed by atoms with Crippen LogP contribution in [0.15, 0.2) is 24.3 Å². The van der Waals surface area contributed by atoms with Gasteiger partial charge < -0.3 is 9.88 Å². The van der Waals surface area contributed by atoms with Gasteiger partial charge >= 0.3 is 0 Å². The van der Waals surface area contributed by atoms with E-state index in [-0.39, 0.29) is 5.24 Å². The number of aromatic nitrogens is 2. The number of carbonyl (C=O) groups is 1. The highest BCUT2D eigenvalue weighted by Crippen LogP contribution is 2.19. The lowest BCUT2D eigenvalue weighted by Crippen LogP contribution is -2.30. The monoisotopic (exact) mass is 431 g/mol. The Morgan fingerprint density at radius 2 is 1.43 bits per heavy atom. The van der Waals surface area contributed by atoms with Gasteiger partial charge in [-0.05, 0) is 25.0 Å². The van der Waals surface area contributed by atoms with E-state index in [0.29, 0.717) is 5.75 Å². The molecule has 2 rings (SSSR count). The zero-order valence-corrected chi connectivity index (χ0v) is 19.9. The summed E-state index contributed by atoms with van der Waals surface area (Å²) in [6.07, 6.45) is 15.1. The smallest absolute Gasteiger partial charge is 0.282 e. The second kappa shape index (κ2) is 15.3. The number of hydrogen-bond acceptors (Lipinski definition) is 3. The first kappa shape index (κ1) is 24.8. The lowest BCUT2D eigenvalue weighted by atomic mass is 10.1. The number of benzene rings is 1. The first-order chi connectivity index (χ1) is 14.7. The van der Waals surface area contributed by atoms with Crippen molar-refractivity contribution in [2.45, 2.75) is 96.7 Å². The number of thioether (sulfide) groups is 1. The van der Waals surface area contributed by atoms with Gasteiger partial charge in [-0.25, -0.2) is 4.98 Å². The third-order valence-electron chi connectivity index (χ3n) is 5.59. The van der Waals surface area contributed by atoms with Gasteiger partial charge in [0.2, 0.25) is 0 Å². The maximum absolute atomic E-state index is 12.9. The van der Waals surface area contributed by atoms with Crippen molar-refractivity contribution in [1.82, 2.24) is 14.9 Å². The molecular weight excluding hydrogens is 390 g/mol. The largest absolute Gasteiger partial charge is 0.341 e. The minimum Gasteiger partial charge on any atom is -0.341 e. The third-order valence-corrected chi connectivity index (χ3v) is 6.52. The summed E-state index contributed by atoms with van der Waals surface area (Å²) in [6, 6.07) is 8.03. The molecule has 4 nitrogen and oxygen atoms in total. The predicted octanol–water partition coefficient (Wildman–Crippen LogP) is 7.94. The van der Waals surface area contributed by atoms with Gasteiger partial charge in [-0.2, -0.15) is 0 Å². The summed E-state index contributed by atoms with van der Waals surface area (Å²) in [5.74, 6) is 1.49. The van der Waals surface area contributed by atoms with Gasteiger partial charge in [0.05, 0.1) is 16.8 Å². The van der Waals surface area contributed by atoms with E-state index in [1.165, 1.54) is 76.0 Å². The first-order valence-corrected chi connectivity index (χ1v) is 13.1. The van der Waals surface area contributed by atoms with E-state index < -0.39 is 0 Å². The molecule has 0 saturated carbocycles. The second-order valence-corrected chi connectivity index (χ2v) is 9.20. The Hall–Kier alpha value is -1.49. The maximum atomic E-state index is 12.9. The van der Waals surface area contributed by atoms with Crippen LogP contribution in [-0.4, -0.2) is 33.2 Å². The molecule has 1 aromatic carbocycles. The Balaban J connectivity index is 1.78.